The number of nitrogens with two attached hydrogens (primary N) is 1. The van der Waals surface area contributed by atoms with E-state index in [9.17, 15) is 18.4 Å². The zero-order chi connectivity index (χ0) is 29.5. The minimum atomic E-state index is -0.877. The Hall–Kier alpha value is -4.72. The molecule has 1 aromatic carbocycles. The molecule has 0 bridgehead atoms. The molecule has 1 saturated heterocycles. The molecule has 1 aliphatic rings. The predicted octanol–water partition coefficient (Wildman–Crippen LogP) is 2.97. The smallest absolute Gasteiger partial charge is 0.258 e. The van der Waals surface area contributed by atoms with Crippen LogP contribution < -0.4 is 15.8 Å². The fourth-order valence-electron chi connectivity index (χ4n) is 4.83. The highest BCUT2D eigenvalue weighted by molar-refractivity contribution is 6.05. The van der Waals surface area contributed by atoms with Gasteiger partial charge in [0.1, 0.15) is 5.82 Å². The van der Waals surface area contributed by atoms with Gasteiger partial charge in [0.2, 0.25) is 11.8 Å². The number of nitrogens with zero attached hydrogens (tertiary/aromatic N) is 7. The molecule has 12 nitrogen and oxygen atoms in total. The van der Waals surface area contributed by atoms with Crippen LogP contribution in [0, 0.1) is 11.6 Å². The topological polar surface area (TPSA) is 144 Å². The quantitative estimate of drug-likeness (QED) is 0.360. The van der Waals surface area contributed by atoms with Crippen molar-refractivity contribution in [1.29, 1.82) is 0 Å². The van der Waals surface area contributed by atoms with Crippen molar-refractivity contribution in [2.24, 2.45) is 7.05 Å². The monoisotopic (exact) mass is 565 g/mol. The lowest BCUT2D eigenvalue weighted by atomic mass is 9.96. The Morgan fingerprint density at radius 1 is 1.10 bits per heavy atom. The lowest BCUT2D eigenvalue weighted by molar-refractivity contribution is -0.122. The Morgan fingerprint density at radius 3 is 2.56 bits per heavy atom. The summed E-state index contributed by atoms with van der Waals surface area (Å²) in [6.45, 7) is 6.89. The van der Waals surface area contributed by atoms with Crippen LogP contribution in [-0.4, -0.2) is 77.6 Å². The van der Waals surface area contributed by atoms with Crippen LogP contribution in [0.3, 0.4) is 0 Å². The number of fused-ring (bicyclic) bond motifs is 1. The fourth-order valence-corrected chi connectivity index (χ4v) is 4.83. The molecule has 3 N–H and O–H groups in total. The summed E-state index contributed by atoms with van der Waals surface area (Å²) >= 11 is 0. The lowest BCUT2D eigenvalue weighted by Crippen LogP contribution is -2.63. The number of pyridine rings is 1. The number of benzene rings is 1. The first-order chi connectivity index (χ1) is 19.4. The van der Waals surface area contributed by atoms with Gasteiger partial charge in [-0.3, -0.25) is 19.2 Å². The van der Waals surface area contributed by atoms with Gasteiger partial charge in [-0.2, -0.15) is 5.10 Å². The van der Waals surface area contributed by atoms with Crippen LogP contribution in [0.4, 0.5) is 20.3 Å². The number of amides is 2. The van der Waals surface area contributed by atoms with Crippen molar-refractivity contribution < 1.29 is 23.1 Å². The number of halogens is 2. The van der Waals surface area contributed by atoms with E-state index in [1.54, 1.807) is 29.7 Å². The predicted molar refractivity (Wildman–Crippen MR) is 146 cm³/mol. The van der Waals surface area contributed by atoms with E-state index in [1.807, 2.05) is 18.7 Å². The molecule has 4 aromatic rings. The van der Waals surface area contributed by atoms with Crippen molar-refractivity contribution in [2.45, 2.75) is 32.4 Å². The summed E-state index contributed by atoms with van der Waals surface area (Å²) in [6, 6.07) is 2.36. The molecule has 14 heteroatoms. The number of piperazine rings is 1. The number of aromatic nitrogens is 5. The highest BCUT2D eigenvalue weighted by atomic mass is 19.1. The number of nitrogen functional groups attached to an aromatic ring is 1. The van der Waals surface area contributed by atoms with E-state index in [4.69, 9.17) is 10.5 Å². The minimum absolute atomic E-state index is 0.0254. The van der Waals surface area contributed by atoms with E-state index in [0.717, 1.165) is 12.1 Å². The van der Waals surface area contributed by atoms with Crippen molar-refractivity contribution >= 4 is 34.4 Å². The number of carbonyl (C=O) groups excluding carboxylic acids is 2. The number of hydrogen-bond acceptors (Lipinski definition) is 9. The largest absolute Gasteiger partial charge is 0.434 e. The maximum atomic E-state index is 13.8. The van der Waals surface area contributed by atoms with Crippen LogP contribution in [0.15, 0.2) is 43.0 Å². The molecule has 0 saturated carbocycles. The second kappa shape index (κ2) is 10.7. The van der Waals surface area contributed by atoms with Crippen LogP contribution in [0.1, 0.15) is 31.1 Å². The Kier molecular flexibility index (Phi) is 7.26. The SMILES string of the molecule is C[C@@H](C(=O)Nc1cnc(Oc2ccc(F)cc2F)cn1)N1CCN(C(=O)c2cnc3c(cnn3C)c2N)C(C)(C)C1. The Bertz CT molecular complexity index is 1620. The molecule has 0 radical (unpaired) electrons. The average molecular weight is 566 g/mol. The van der Waals surface area contributed by atoms with Crippen molar-refractivity contribution in [3.8, 4) is 11.6 Å². The zero-order valence-corrected chi connectivity index (χ0v) is 22.9. The van der Waals surface area contributed by atoms with Gasteiger partial charge in [-0.15, -0.1) is 0 Å². The van der Waals surface area contributed by atoms with Crippen molar-refractivity contribution in [2.75, 3.05) is 30.7 Å². The second-order valence-electron chi connectivity index (χ2n) is 10.4. The highest BCUT2D eigenvalue weighted by Gasteiger charge is 2.40. The van der Waals surface area contributed by atoms with Crippen molar-refractivity contribution in [3.05, 3.63) is 60.2 Å². The van der Waals surface area contributed by atoms with Gasteiger partial charge in [-0.25, -0.2) is 23.7 Å². The van der Waals surface area contributed by atoms with Crippen LogP contribution >= 0.6 is 0 Å². The molecule has 0 aliphatic carbocycles. The van der Waals surface area contributed by atoms with E-state index in [2.05, 4.69) is 25.4 Å². The molecular formula is C27H29F2N9O3. The number of ether oxygens (including phenoxy) is 1. The fraction of sp³-hybridized carbons (Fsp3) is 0.333. The minimum Gasteiger partial charge on any atom is -0.434 e. The lowest BCUT2D eigenvalue weighted by Gasteiger charge is -2.48. The summed E-state index contributed by atoms with van der Waals surface area (Å²) in [6.07, 6.45) is 5.57. The first-order valence-corrected chi connectivity index (χ1v) is 12.8. The van der Waals surface area contributed by atoms with E-state index < -0.39 is 23.2 Å². The highest BCUT2D eigenvalue weighted by Crippen LogP contribution is 2.29. The van der Waals surface area contributed by atoms with Crippen molar-refractivity contribution in [3.63, 3.8) is 0 Å². The third-order valence-corrected chi connectivity index (χ3v) is 7.13. The molecule has 5 rings (SSSR count). The maximum Gasteiger partial charge on any atom is 0.258 e. The Morgan fingerprint density at radius 2 is 1.88 bits per heavy atom. The molecular weight excluding hydrogens is 536 g/mol. The van der Waals surface area contributed by atoms with E-state index in [-0.39, 0.29) is 29.3 Å². The number of rotatable bonds is 6. The number of nitrogens with one attached hydrogen (secondary N) is 1. The number of hydrogen-bond donors (Lipinski definition) is 2. The molecule has 2 amide bonds. The molecule has 0 unspecified atom stereocenters. The first-order valence-electron chi connectivity index (χ1n) is 12.8. The number of anilines is 2. The molecule has 1 fully saturated rings. The first kappa shape index (κ1) is 27.8. The maximum absolute atomic E-state index is 13.8. The average Bonchev–Trinajstić information content (AvgIpc) is 3.31. The van der Waals surface area contributed by atoms with Crippen LogP contribution in [0.25, 0.3) is 11.0 Å². The van der Waals surface area contributed by atoms with Gasteiger partial charge in [0.15, 0.2) is 23.0 Å². The summed E-state index contributed by atoms with van der Waals surface area (Å²) in [4.78, 5) is 42.8. The van der Waals surface area contributed by atoms with Gasteiger partial charge in [-0.05, 0) is 32.9 Å². The molecule has 0 spiro atoms. The summed E-state index contributed by atoms with van der Waals surface area (Å²) in [5, 5.41) is 7.50. The van der Waals surface area contributed by atoms with Gasteiger partial charge >= 0.3 is 0 Å². The van der Waals surface area contributed by atoms with E-state index in [0.29, 0.717) is 48.0 Å². The standard InChI is InChI=1S/C27H29F2N9O3/c1-15(25(39)35-21-12-32-22(13-31-21)41-20-6-5-16(28)9-19(20)29)37-7-8-38(27(2,3)14-37)26(40)18-10-33-24-17(23(18)30)11-34-36(24)4/h5-6,9-13,15H,7-8,14H2,1-4H3,(H2,30,33)(H,31,35,39)/t15-/m0/s1. The van der Waals surface area contributed by atoms with Gasteiger partial charge in [0.25, 0.3) is 5.91 Å². The van der Waals surface area contributed by atoms with Crippen LogP contribution in [0.5, 0.6) is 11.6 Å². The van der Waals surface area contributed by atoms with E-state index in [1.165, 1.54) is 18.6 Å². The van der Waals surface area contributed by atoms with Crippen LogP contribution in [-0.2, 0) is 11.8 Å². The number of aryl methyl sites for hydroxylation is 1. The number of carbonyl (C=O) groups is 2. The molecule has 3 aromatic heterocycles. The third-order valence-electron chi connectivity index (χ3n) is 7.13. The second-order valence-corrected chi connectivity index (χ2v) is 10.4. The normalized spacial score (nSPS) is 16.0. The summed E-state index contributed by atoms with van der Waals surface area (Å²) < 4.78 is 33.8. The summed E-state index contributed by atoms with van der Waals surface area (Å²) in [5.41, 5.74) is 6.94. The summed E-state index contributed by atoms with van der Waals surface area (Å²) in [5.74, 6) is -2.21. The Balaban J connectivity index is 1.21. The van der Waals surface area contributed by atoms with Crippen LogP contribution in [0.2, 0.25) is 0 Å². The summed E-state index contributed by atoms with van der Waals surface area (Å²) in [7, 11) is 1.75. The van der Waals surface area contributed by atoms with Crippen molar-refractivity contribution in [1.82, 2.24) is 34.5 Å². The molecule has 1 atom stereocenters. The molecule has 41 heavy (non-hydrogen) atoms. The molecule has 4 heterocycles. The van der Waals surface area contributed by atoms with E-state index >= 15 is 0 Å². The molecule has 1 aliphatic heterocycles. The van der Waals surface area contributed by atoms with Gasteiger partial charge < -0.3 is 20.7 Å². The molecule has 214 valence electrons. The van der Waals surface area contributed by atoms with Gasteiger partial charge in [-0.1, -0.05) is 0 Å². The van der Waals surface area contributed by atoms with Gasteiger partial charge in [0.05, 0.1) is 46.8 Å². The zero-order valence-electron chi connectivity index (χ0n) is 22.9. The van der Waals surface area contributed by atoms with Gasteiger partial charge in [0, 0.05) is 38.9 Å². The third kappa shape index (κ3) is 5.50. The Labute approximate surface area is 234 Å².